The van der Waals surface area contributed by atoms with Crippen LogP contribution < -0.4 is 5.32 Å². The monoisotopic (exact) mass is 213 g/mol. The number of halogens is 2. The summed E-state index contributed by atoms with van der Waals surface area (Å²) in [4.78, 5) is 10.1. The molecule has 2 N–H and O–H groups in total. The van der Waals surface area contributed by atoms with E-state index >= 15 is 0 Å². The lowest BCUT2D eigenvalue weighted by molar-refractivity contribution is -0.131. The number of benzene rings is 1. The van der Waals surface area contributed by atoms with Gasteiger partial charge in [0.2, 0.25) is 0 Å². The molecule has 0 saturated heterocycles. The van der Waals surface area contributed by atoms with Crippen molar-refractivity contribution in [2.45, 2.75) is 6.54 Å². The van der Waals surface area contributed by atoms with Crippen LogP contribution in [0.3, 0.4) is 0 Å². The second-order valence-corrected chi connectivity index (χ2v) is 2.75. The number of carboxylic acids is 1. The highest BCUT2D eigenvalue weighted by atomic mass is 19.1. The first-order chi connectivity index (χ1) is 7.11. The van der Waals surface area contributed by atoms with Crippen molar-refractivity contribution < 1.29 is 18.7 Å². The van der Waals surface area contributed by atoms with Crippen molar-refractivity contribution in [2.75, 3.05) is 0 Å². The number of carbonyl (C=O) groups is 1. The Balaban J connectivity index is 2.61. The molecule has 0 aliphatic carbocycles. The van der Waals surface area contributed by atoms with E-state index < -0.39 is 17.6 Å². The molecule has 0 heterocycles. The highest BCUT2D eigenvalue weighted by Crippen LogP contribution is 2.11. The van der Waals surface area contributed by atoms with E-state index in [1.807, 2.05) is 0 Å². The Morgan fingerprint density at radius 1 is 1.40 bits per heavy atom. The van der Waals surface area contributed by atoms with Gasteiger partial charge in [-0.15, -0.1) is 0 Å². The molecule has 5 heteroatoms. The van der Waals surface area contributed by atoms with Gasteiger partial charge in [-0.1, -0.05) is 6.07 Å². The molecule has 80 valence electrons. The largest absolute Gasteiger partial charge is 0.478 e. The van der Waals surface area contributed by atoms with E-state index in [0.717, 1.165) is 24.4 Å². The Hall–Kier alpha value is -1.91. The number of carboxylic acid groups (broad SMARTS) is 1. The number of hydrogen-bond donors (Lipinski definition) is 2. The summed E-state index contributed by atoms with van der Waals surface area (Å²) < 4.78 is 26.0. The highest BCUT2D eigenvalue weighted by Gasteiger charge is 2.06. The normalized spacial score (nSPS) is 10.5. The third kappa shape index (κ3) is 3.38. The molecule has 0 amide bonds. The maximum atomic E-state index is 13.0. The first-order valence-electron chi connectivity index (χ1n) is 4.17. The standard InChI is InChI=1S/C10H9F2NO2/c11-8-2-1-3-9(12)7(8)6-13-5-4-10(14)15/h1-5,13H,6H2,(H,14,15)/b5-4+. The van der Waals surface area contributed by atoms with E-state index in [-0.39, 0.29) is 12.1 Å². The molecule has 1 aromatic rings. The average molecular weight is 213 g/mol. The molecule has 0 spiro atoms. The van der Waals surface area contributed by atoms with Gasteiger partial charge in [0.05, 0.1) is 0 Å². The van der Waals surface area contributed by atoms with Gasteiger partial charge >= 0.3 is 5.97 Å². The molecule has 1 rings (SSSR count). The molecule has 1 aromatic carbocycles. The second kappa shape index (κ2) is 5.09. The molecule has 0 unspecified atom stereocenters. The number of aliphatic carboxylic acids is 1. The molecule has 0 aromatic heterocycles. The molecule has 15 heavy (non-hydrogen) atoms. The van der Waals surface area contributed by atoms with E-state index in [1.165, 1.54) is 6.07 Å². The summed E-state index contributed by atoms with van der Waals surface area (Å²) in [6.45, 7) is -0.0950. The summed E-state index contributed by atoms with van der Waals surface area (Å²) in [5.41, 5.74) is -0.118. The van der Waals surface area contributed by atoms with Gasteiger partial charge in [-0.2, -0.15) is 0 Å². The number of hydrogen-bond acceptors (Lipinski definition) is 2. The fourth-order valence-corrected chi connectivity index (χ4v) is 0.992. The maximum Gasteiger partial charge on any atom is 0.329 e. The summed E-state index contributed by atoms with van der Waals surface area (Å²) in [5.74, 6) is -2.45. The minimum Gasteiger partial charge on any atom is -0.478 e. The Morgan fingerprint density at radius 2 is 2.00 bits per heavy atom. The van der Waals surface area contributed by atoms with Crippen molar-refractivity contribution in [2.24, 2.45) is 0 Å². The molecule has 3 nitrogen and oxygen atoms in total. The van der Waals surface area contributed by atoms with E-state index in [4.69, 9.17) is 5.11 Å². The van der Waals surface area contributed by atoms with Crippen LogP contribution in [-0.2, 0) is 11.3 Å². The fourth-order valence-electron chi connectivity index (χ4n) is 0.992. The molecular weight excluding hydrogens is 204 g/mol. The van der Waals surface area contributed by atoms with Crippen molar-refractivity contribution in [3.8, 4) is 0 Å². The summed E-state index contributed by atoms with van der Waals surface area (Å²) in [6.07, 6.45) is 1.97. The maximum absolute atomic E-state index is 13.0. The van der Waals surface area contributed by atoms with Gasteiger partial charge < -0.3 is 10.4 Å². The first kappa shape index (κ1) is 11.2. The lowest BCUT2D eigenvalue weighted by Gasteiger charge is -2.03. The molecule has 0 radical (unpaired) electrons. The molecule has 0 aliphatic rings. The quantitative estimate of drug-likeness (QED) is 0.748. The SMILES string of the molecule is O=C(O)/C=C/NCc1c(F)cccc1F. The zero-order valence-corrected chi connectivity index (χ0v) is 7.71. The van der Waals surface area contributed by atoms with Gasteiger partial charge in [-0.3, -0.25) is 0 Å². The highest BCUT2D eigenvalue weighted by molar-refractivity contribution is 5.79. The van der Waals surface area contributed by atoms with Crippen molar-refractivity contribution >= 4 is 5.97 Å². The van der Waals surface area contributed by atoms with E-state index in [9.17, 15) is 13.6 Å². The average Bonchev–Trinajstić information content (AvgIpc) is 2.15. The summed E-state index contributed by atoms with van der Waals surface area (Å²) >= 11 is 0. The summed E-state index contributed by atoms with van der Waals surface area (Å²) in [6, 6.07) is 3.54. The molecule has 0 atom stereocenters. The smallest absolute Gasteiger partial charge is 0.329 e. The lowest BCUT2D eigenvalue weighted by Crippen LogP contribution is -2.09. The van der Waals surface area contributed by atoms with Crippen LogP contribution in [0.2, 0.25) is 0 Å². The molecule has 0 bridgehead atoms. The number of nitrogens with one attached hydrogen (secondary N) is 1. The first-order valence-corrected chi connectivity index (χ1v) is 4.17. The van der Waals surface area contributed by atoms with E-state index in [0.29, 0.717) is 0 Å². The van der Waals surface area contributed by atoms with Crippen LogP contribution >= 0.6 is 0 Å². The number of rotatable bonds is 4. The van der Waals surface area contributed by atoms with Crippen molar-refractivity contribution in [1.82, 2.24) is 5.32 Å². The molecule has 0 saturated carbocycles. The third-order valence-corrected chi connectivity index (χ3v) is 1.68. The Labute approximate surface area is 85.0 Å². The van der Waals surface area contributed by atoms with Crippen LogP contribution in [0.25, 0.3) is 0 Å². The van der Waals surface area contributed by atoms with Crippen molar-refractivity contribution in [1.29, 1.82) is 0 Å². The van der Waals surface area contributed by atoms with Gasteiger partial charge in [0.25, 0.3) is 0 Å². The molecular formula is C10H9F2NO2. The van der Waals surface area contributed by atoms with Crippen LogP contribution in [0.15, 0.2) is 30.5 Å². The molecule has 0 fully saturated rings. The van der Waals surface area contributed by atoms with Gasteiger partial charge in [0.15, 0.2) is 0 Å². The van der Waals surface area contributed by atoms with Gasteiger partial charge in [0.1, 0.15) is 11.6 Å². The van der Waals surface area contributed by atoms with Gasteiger partial charge in [-0.25, -0.2) is 13.6 Å². The van der Waals surface area contributed by atoms with E-state index in [1.54, 1.807) is 0 Å². The predicted molar refractivity (Wildman–Crippen MR) is 50.0 cm³/mol. The van der Waals surface area contributed by atoms with Crippen LogP contribution in [0, 0.1) is 11.6 Å². The lowest BCUT2D eigenvalue weighted by atomic mass is 10.2. The van der Waals surface area contributed by atoms with Crippen LogP contribution in [-0.4, -0.2) is 11.1 Å². The second-order valence-electron chi connectivity index (χ2n) is 2.75. The van der Waals surface area contributed by atoms with Crippen LogP contribution in [0.1, 0.15) is 5.56 Å². The Kier molecular flexibility index (Phi) is 3.79. The van der Waals surface area contributed by atoms with Crippen molar-refractivity contribution in [3.63, 3.8) is 0 Å². The summed E-state index contributed by atoms with van der Waals surface area (Å²) in [5, 5.41) is 10.7. The minimum atomic E-state index is -1.13. The van der Waals surface area contributed by atoms with Gasteiger partial charge in [0, 0.05) is 24.4 Å². The zero-order chi connectivity index (χ0) is 11.3. The fraction of sp³-hybridized carbons (Fsp3) is 0.100. The van der Waals surface area contributed by atoms with Crippen molar-refractivity contribution in [3.05, 3.63) is 47.7 Å². The topological polar surface area (TPSA) is 49.3 Å². The van der Waals surface area contributed by atoms with Gasteiger partial charge in [-0.05, 0) is 12.1 Å². The van der Waals surface area contributed by atoms with E-state index in [2.05, 4.69) is 5.32 Å². The van der Waals surface area contributed by atoms with Crippen LogP contribution in [0.4, 0.5) is 8.78 Å². The Bertz CT molecular complexity index is 371. The third-order valence-electron chi connectivity index (χ3n) is 1.68. The summed E-state index contributed by atoms with van der Waals surface area (Å²) in [7, 11) is 0. The Morgan fingerprint density at radius 3 is 2.53 bits per heavy atom. The molecule has 0 aliphatic heterocycles. The predicted octanol–water partition coefficient (Wildman–Crippen LogP) is 1.65. The minimum absolute atomic E-state index is 0.0950. The zero-order valence-electron chi connectivity index (χ0n) is 7.71. The van der Waals surface area contributed by atoms with Crippen LogP contribution in [0.5, 0.6) is 0 Å².